The molecule has 128 valence electrons. The first kappa shape index (κ1) is 16.3. The third-order valence-electron chi connectivity index (χ3n) is 3.62. The first-order valence-electron chi connectivity index (χ1n) is 7.57. The number of nitrogens with zero attached hydrogens (tertiary/aromatic N) is 4. The minimum atomic E-state index is -0.404. The van der Waals surface area contributed by atoms with Crippen LogP contribution in [0, 0.1) is 5.82 Å². The van der Waals surface area contributed by atoms with Crippen LogP contribution in [0.15, 0.2) is 74.6 Å². The number of aromatic nitrogens is 4. The average molecular weight is 413 g/mol. The van der Waals surface area contributed by atoms with E-state index in [-0.39, 0.29) is 17.0 Å². The highest BCUT2D eigenvalue weighted by Crippen LogP contribution is 2.26. The Kier molecular flexibility index (Phi) is 4.18. The Morgan fingerprint density at radius 3 is 2.73 bits per heavy atom. The quantitative estimate of drug-likeness (QED) is 0.510. The molecule has 0 fully saturated rings. The van der Waals surface area contributed by atoms with Gasteiger partial charge in [-0.2, -0.15) is 10.1 Å². The number of hydrogen-bond acceptors (Lipinski definition) is 5. The zero-order chi connectivity index (χ0) is 18.1. The van der Waals surface area contributed by atoms with Crippen LogP contribution in [-0.4, -0.2) is 19.9 Å². The summed E-state index contributed by atoms with van der Waals surface area (Å²) in [7, 11) is 0. The second kappa shape index (κ2) is 6.64. The minimum Gasteiger partial charge on any atom is -0.332 e. The minimum absolute atomic E-state index is 0.00786. The van der Waals surface area contributed by atoms with Crippen LogP contribution in [0.3, 0.4) is 0 Å². The Labute approximate surface area is 155 Å². The maximum Gasteiger partial charge on any atom is 0.282 e. The van der Waals surface area contributed by atoms with Crippen molar-refractivity contribution in [2.45, 2.75) is 0 Å². The third-order valence-corrected chi connectivity index (χ3v) is 4.32. The van der Waals surface area contributed by atoms with Crippen molar-refractivity contribution in [2.75, 3.05) is 0 Å². The topological polar surface area (TPSA) is 73.8 Å². The Hall–Kier alpha value is -3.13. The van der Waals surface area contributed by atoms with Crippen LogP contribution < -0.4 is 5.43 Å². The number of hydrogen-bond donors (Lipinski definition) is 0. The van der Waals surface area contributed by atoms with Gasteiger partial charge in [0.15, 0.2) is 5.69 Å². The van der Waals surface area contributed by atoms with Gasteiger partial charge in [-0.15, -0.1) is 0 Å². The third kappa shape index (κ3) is 3.06. The summed E-state index contributed by atoms with van der Waals surface area (Å²) in [6.45, 7) is 0. The molecule has 0 bridgehead atoms. The molecule has 0 spiro atoms. The smallest absolute Gasteiger partial charge is 0.282 e. The molecule has 0 unspecified atom stereocenters. The van der Waals surface area contributed by atoms with Gasteiger partial charge in [0.25, 0.3) is 5.89 Å². The average Bonchev–Trinajstić information content (AvgIpc) is 3.12. The molecule has 6 nitrogen and oxygen atoms in total. The molecule has 4 aromatic rings. The van der Waals surface area contributed by atoms with Gasteiger partial charge in [-0.1, -0.05) is 39.3 Å². The molecule has 0 radical (unpaired) electrons. The first-order chi connectivity index (χ1) is 12.6. The number of rotatable bonds is 3. The van der Waals surface area contributed by atoms with E-state index < -0.39 is 5.82 Å². The fourth-order valence-electron chi connectivity index (χ4n) is 2.39. The Balaban J connectivity index is 1.78. The lowest BCUT2D eigenvalue weighted by molar-refractivity contribution is 0.429. The predicted octanol–water partition coefficient (Wildman–Crippen LogP) is 3.85. The summed E-state index contributed by atoms with van der Waals surface area (Å²) >= 11 is 3.42. The molecule has 0 atom stereocenters. The van der Waals surface area contributed by atoms with Crippen molar-refractivity contribution >= 4 is 15.9 Å². The normalized spacial score (nSPS) is 10.8. The molecule has 2 aromatic heterocycles. The standard InChI is InChI=1S/C18H10BrFN4O2/c19-14-7-2-1-6-13(14)17-21-18(26-23-17)16-15(25)8-9-24(22-16)12-5-3-4-11(20)10-12/h1-10H. The summed E-state index contributed by atoms with van der Waals surface area (Å²) in [6, 6.07) is 14.6. The van der Waals surface area contributed by atoms with Gasteiger partial charge in [-0.25, -0.2) is 9.07 Å². The van der Waals surface area contributed by atoms with Crippen molar-refractivity contribution in [1.82, 2.24) is 19.9 Å². The van der Waals surface area contributed by atoms with Gasteiger partial charge in [-0.3, -0.25) is 4.79 Å². The number of benzene rings is 2. The molecule has 26 heavy (non-hydrogen) atoms. The lowest BCUT2D eigenvalue weighted by atomic mass is 10.2. The second-order valence-electron chi connectivity index (χ2n) is 5.36. The highest BCUT2D eigenvalue weighted by atomic mass is 79.9. The molecule has 2 aromatic carbocycles. The summed E-state index contributed by atoms with van der Waals surface area (Å²) in [6.07, 6.45) is 1.45. The van der Waals surface area contributed by atoms with Gasteiger partial charge in [0, 0.05) is 22.3 Å². The predicted molar refractivity (Wildman–Crippen MR) is 96.2 cm³/mol. The SMILES string of the molecule is O=c1ccn(-c2cccc(F)c2)nc1-c1nc(-c2ccccc2Br)no1. The van der Waals surface area contributed by atoms with Crippen LogP contribution in [0.1, 0.15) is 0 Å². The number of halogens is 2. The highest BCUT2D eigenvalue weighted by Gasteiger charge is 2.17. The fraction of sp³-hybridized carbons (Fsp3) is 0. The van der Waals surface area contributed by atoms with Crippen molar-refractivity contribution in [3.63, 3.8) is 0 Å². The van der Waals surface area contributed by atoms with E-state index in [2.05, 4.69) is 31.2 Å². The molecule has 4 rings (SSSR count). The molecule has 0 N–H and O–H groups in total. The Morgan fingerprint density at radius 2 is 1.92 bits per heavy atom. The molecule has 0 aliphatic rings. The molecule has 0 aliphatic carbocycles. The van der Waals surface area contributed by atoms with Crippen LogP contribution >= 0.6 is 15.9 Å². The van der Waals surface area contributed by atoms with Crippen LogP contribution in [0.2, 0.25) is 0 Å². The Bertz CT molecular complexity index is 1160. The van der Waals surface area contributed by atoms with Gasteiger partial charge >= 0.3 is 0 Å². The van der Waals surface area contributed by atoms with Gasteiger partial charge in [0.2, 0.25) is 11.3 Å². The van der Waals surface area contributed by atoms with E-state index in [0.717, 1.165) is 10.0 Å². The molecular weight excluding hydrogens is 403 g/mol. The van der Waals surface area contributed by atoms with E-state index >= 15 is 0 Å². The second-order valence-corrected chi connectivity index (χ2v) is 6.21. The maximum absolute atomic E-state index is 13.4. The monoisotopic (exact) mass is 412 g/mol. The molecule has 2 heterocycles. The van der Waals surface area contributed by atoms with Crippen molar-refractivity contribution in [3.05, 3.63) is 81.3 Å². The van der Waals surface area contributed by atoms with Crippen LogP contribution in [0.4, 0.5) is 4.39 Å². The zero-order valence-electron chi connectivity index (χ0n) is 13.1. The van der Waals surface area contributed by atoms with Gasteiger partial charge in [-0.05, 0) is 30.3 Å². The molecule has 8 heteroatoms. The summed E-state index contributed by atoms with van der Waals surface area (Å²) < 4.78 is 20.8. The molecule has 0 amide bonds. The lowest BCUT2D eigenvalue weighted by Gasteiger charge is -2.05. The van der Waals surface area contributed by atoms with E-state index in [1.165, 1.54) is 29.1 Å². The largest absolute Gasteiger partial charge is 0.332 e. The molecule has 0 aliphatic heterocycles. The molecular formula is C18H10BrFN4O2. The summed E-state index contributed by atoms with van der Waals surface area (Å²) in [5.74, 6) is -0.0834. The molecule has 0 saturated heterocycles. The maximum atomic E-state index is 13.4. The van der Waals surface area contributed by atoms with E-state index in [0.29, 0.717) is 11.5 Å². The fourth-order valence-corrected chi connectivity index (χ4v) is 2.85. The van der Waals surface area contributed by atoms with Gasteiger partial charge in [0.1, 0.15) is 5.82 Å². The van der Waals surface area contributed by atoms with E-state index in [1.54, 1.807) is 12.1 Å². The van der Waals surface area contributed by atoms with Crippen LogP contribution in [-0.2, 0) is 0 Å². The van der Waals surface area contributed by atoms with Crippen molar-refractivity contribution in [2.24, 2.45) is 0 Å². The van der Waals surface area contributed by atoms with E-state index in [9.17, 15) is 9.18 Å². The highest BCUT2D eigenvalue weighted by molar-refractivity contribution is 9.10. The van der Waals surface area contributed by atoms with Gasteiger partial charge in [0.05, 0.1) is 5.69 Å². The molecule has 0 saturated carbocycles. The van der Waals surface area contributed by atoms with Gasteiger partial charge < -0.3 is 4.52 Å². The lowest BCUT2D eigenvalue weighted by Crippen LogP contribution is -2.12. The Morgan fingerprint density at radius 1 is 1.08 bits per heavy atom. The van der Waals surface area contributed by atoms with E-state index in [1.807, 2.05) is 24.3 Å². The van der Waals surface area contributed by atoms with Crippen LogP contribution in [0.5, 0.6) is 0 Å². The van der Waals surface area contributed by atoms with Crippen molar-refractivity contribution in [1.29, 1.82) is 0 Å². The van der Waals surface area contributed by atoms with E-state index in [4.69, 9.17) is 4.52 Å². The first-order valence-corrected chi connectivity index (χ1v) is 8.36. The summed E-state index contributed by atoms with van der Waals surface area (Å²) in [5.41, 5.74) is 0.809. The van der Waals surface area contributed by atoms with Crippen molar-refractivity contribution < 1.29 is 8.91 Å². The zero-order valence-corrected chi connectivity index (χ0v) is 14.7. The van der Waals surface area contributed by atoms with Crippen molar-refractivity contribution in [3.8, 4) is 28.7 Å². The summed E-state index contributed by atoms with van der Waals surface area (Å²) in [5, 5.41) is 8.13. The summed E-state index contributed by atoms with van der Waals surface area (Å²) in [4.78, 5) is 16.5. The van der Waals surface area contributed by atoms with Crippen LogP contribution in [0.25, 0.3) is 28.7 Å².